The van der Waals surface area contributed by atoms with E-state index in [1.807, 2.05) is 0 Å². The summed E-state index contributed by atoms with van der Waals surface area (Å²) in [6, 6.07) is 19.7. The third kappa shape index (κ3) is 1.73. The first kappa shape index (κ1) is 16.6. The molecule has 6 rings (SSSR count). The number of rotatable bonds is 3. The zero-order valence-corrected chi connectivity index (χ0v) is 16.6. The normalized spacial score (nSPS) is 41.6. The molecule has 142 valence electrons. The van der Waals surface area contributed by atoms with Gasteiger partial charge in [0.25, 0.3) is 0 Å². The van der Waals surface area contributed by atoms with Gasteiger partial charge >= 0.3 is 5.97 Å². The van der Waals surface area contributed by atoms with Gasteiger partial charge in [0.05, 0.1) is 0 Å². The molecule has 0 heterocycles. The van der Waals surface area contributed by atoms with E-state index < -0.39 is 0 Å². The lowest BCUT2D eigenvalue weighted by Crippen LogP contribution is -2.31. The van der Waals surface area contributed by atoms with Crippen molar-refractivity contribution in [3.05, 3.63) is 72.3 Å². The quantitative estimate of drug-likeness (QED) is 0.514. The fraction of sp³-hybridized carbons (Fsp3) is 0.423. The highest BCUT2D eigenvalue weighted by Gasteiger charge is 2.96. The van der Waals surface area contributed by atoms with Gasteiger partial charge in [-0.15, -0.1) is 0 Å². The predicted octanol–water partition coefficient (Wildman–Crippen LogP) is 5.67. The van der Waals surface area contributed by atoms with Crippen molar-refractivity contribution >= 4 is 5.97 Å². The van der Waals surface area contributed by atoms with Crippen LogP contribution in [-0.2, 0) is 14.9 Å². The van der Waals surface area contributed by atoms with E-state index in [-0.39, 0.29) is 27.8 Å². The molecule has 0 saturated heterocycles. The van der Waals surface area contributed by atoms with E-state index in [0.717, 1.165) is 12.8 Å². The average molecular weight is 370 g/mol. The number of fused-ring (bicyclic) bond motifs is 3. The second kappa shape index (κ2) is 4.97. The van der Waals surface area contributed by atoms with Gasteiger partial charge in [-0.05, 0) is 47.8 Å². The summed E-state index contributed by atoms with van der Waals surface area (Å²) in [6.45, 7) is 3.90. The smallest absolute Gasteiger partial charge is 0.303 e. The number of hydrogen-bond donors (Lipinski definition) is 0. The molecule has 0 bridgehead atoms. The van der Waals surface area contributed by atoms with Crippen molar-refractivity contribution < 1.29 is 9.53 Å². The summed E-state index contributed by atoms with van der Waals surface area (Å²) >= 11 is 0. The Hall–Kier alpha value is -2.35. The molecule has 0 N–H and O–H groups in total. The minimum absolute atomic E-state index is 0.0475. The summed E-state index contributed by atoms with van der Waals surface area (Å²) in [4.78, 5) is 11.9. The first-order chi connectivity index (χ1) is 13.5. The number of ether oxygens (including phenoxy) is 1. The maximum atomic E-state index is 11.9. The van der Waals surface area contributed by atoms with Crippen LogP contribution in [-0.4, -0.2) is 11.6 Å². The van der Waals surface area contributed by atoms with E-state index in [4.69, 9.17) is 4.74 Å². The molecule has 0 aliphatic heterocycles. The van der Waals surface area contributed by atoms with Crippen LogP contribution in [0.5, 0.6) is 0 Å². The van der Waals surface area contributed by atoms with Gasteiger partial charge in [-0.25, -0.2) is 0 Å². The molecule has 2 heteroatoms. The maximum Gasteiger partial charge on any atom is 0.303 e. The van der Waals surface area contributed by atoms with Gasteiger partial charge in [0, 0.05) is 23.7 Å². The van der Waals surface area contributed by atoms with Gasteiger partial charge in [0.1, 0.15) is 5.60 Å². The van der Waals surface area contributed by atoms with Gasteiger partial charge in [-0.1, -0.05) is 73.7 Å². The molecule has 2 nitrogen and oxygen atoms in total. The monoisotopic (exact) mass is 370 g/mol. The van der Waals surface area contributed by atoms with Crippen LogP contribution < -0.4 is 0 Å². The number of allylic oxidation sites excluding steroid dienone is 2. The van der Waals surface area contributed by atoms with Crippen LogP contribution in [0.3, 0.4) is 0 Å². The molecule has 1 spiro atoms. The van der Waals surface area contributed by atoms with Crippen LogP contribution in [0.25, 0.3) is 11.1 Å². The molecule has 0 amide bonds. The summed E-state index contributed by atoms with van der Waals surface area (Å²) in [5, 5.41) is 0. The summed E-state index contributed by atoms with van der Waals surface area (Å²) in [7, 11) is 0. The summed E-state index contributed by atoms with van der Waals surface area (Å²) in [6.07, 6.45) is 9.39. The Labute approximate surface area is 166 Å². The van der Waals surface area contributed by atoms with E-state index in [0.29, 0.717) is 5.92 Å². The van der Waals surface area contributed by atoms with Gasteiger partial charge in [0.15, 0.2) is 0 Å². The number of carbonyl (C=O) groups excluding carboxylic acids is 1. The van der Waals surface area contributed by atoms with E-state index >= 15 is 0 Å². The fourth-order valence-electron chi connectivity index (χ4n) is 7.48. The van der Waals surface area contributed by atoms with Crippen molar-refractivity contribution in [1.82, 2.24) is 0 Å². The number of benzene rings is 2. The molecule has 0 radical (unpaired) electrons. The zero-order chi connectivity index (χ0) is 19.2. The Kier molecular flexibility index (Phi) is 2.95. The SMILES string of the molecule is CC(=O)O[C@@]12C[C@]1(C)CC13CCC=C[C@]1(c1ccc(-c4ccccc4)cc1)[C@H]32. The van der Waals surface area contributed by atoms with Crippen molar-refractivity contribution in [3.8, 4) is 11.1 Å². The van der Waals surface area contributed by atoms with E-state index in [1.54, 1.807) is 6.92 Å². The average Bonchev–Trinajstić information content (AvgIpc) is 3.48. The molecule has 2 aromatic carbocycles. The third-order valence-electron chi connectivity index (χ3n) is 8.40. The van der Waals surface area contributed by atoms with Crippen LogP contribution in [0, 0.1) is 16.7 Å². The Morgan fingerprint density at radius 2 is 1.71 bits per heavy atom. The van der Waals surface area contributed by atoms with Crippen molar-refractivity contribution in [3.63, 3.8) is 0 Å². The lowest BCUT2D eigenvalue weighted by molar-refractivity contribution is -0.151. The molecule has 28 heavy (non-hydrogen) atoms. The molecule has 2 aromatic rings. The molecule has 4 aliphatic rings. The van der Waals surface area contributed by atoms with Crippen LogP contribution in [0.2, 0.25) is 0 Å². The Morgan fingerprint density at radius 1 is 1.00 bits per heavy atom. The van der Waals surface area contributed by atoms with Gasteiger partial charge in [-0.2, -0.15) is 0 Å². The predicted molar refractivity (Wildman–Crippen MR) is 110 cm³/mol. The fourth-order valence-corrected chi connectivity index (χ4v) is 7.48. The van der Waals surface area contributed by atoms with Gasteiger partial charge in [-0.3, -0.25) is 4.79 Å². The molecular weight excluding hydrogens is 344 g/mol. The molecule has 1 unspecified atom stereocenters. The van der Waals surface area contributed by atoms with E-state index in [9.17, 15) is 4.79 Å². The van der Waals surface area contributed by atoms with Crippen LogP contribution in [0.1, 0.15) is 45.1 Å². The highest BCUT2D eigenvalue weighted by molar-refractivity contribution is 5.70. The first-order valence-corrected chi connectivity index (χ1v) is 10.5. The number of esters is 1. The Morgan fingerprint density at radius 3 is 2.43 bits per heavy atom. The highest BCUT2D eigenvalue weighted by Crippen LogP contribution is 2.94. The van der Waals surface area contributed by atoms with Crippen molar-refractivity contribution in [2.75, 3.05) is 0 Å². The molecule has 4 aliphatic carbocycles. The lowest BCUT2D eigenvalue weighted by atomic mass is 9.74. The van der Waals surface area contributed by atoms with E-state index in [1.165, 1.54) is 29.5 Å². The highest BCUT2D eigenvalue weighted by atomic mass is 16.6. The molecule has 5 atom stereocenters. The molecular formula is C26H26O2. The molecule has 0 aromatic heterocycles. The molecule has 3 fully saturated rings. The minimum atomic E-state index is -0.244. The van der Waals surface area contributed by atoms with Gasteiger partial charge in [0.2, 0.25) is 0 Å². The minimum Gasteiger partial charge on any atom is -0.458 e. The number of hydrogen-bond acceptors (Lipinski definition) is 2. The van der Waals surface area contributed by atoms with E-state index in [2.05, 4.69) is 73.7 Å². The maximum absolute atomic E-state index is 11.9. The van der Waals surface area contributed by atoms with Crippen LogP contribution >= 0.6 is 0 Å². The molecule has 3 saturated carbocycles. The lowest BCUT2D eigenvalue weighted by Gasteiger charge is -2.31. The van der Waals surface area contributed by atoms with Crippen LogP contribution in [0.4, 0.5) is 0 Å². The Bertz CT molecular complexity index is 1010. The third-order valence-corrected chi connectivity index (χ3v) is 8.40. The van der Waals surface area contributed by atoms with Crippen molar-refractivity contribution in [2.24, 2.45) is 16.7 Å². The Balaban J connectivity index is 1.42. The zero-order valence-electron chi connectivity index (χ0n) is 16.6. The van der Waals surface area contributed by atoms with Crippen LogP contribution in [0.15, 0.2) is 66.7 Å². The second-order valence-electron chi connectivity index (χ2n) is 9.74. The number of carbonyl (C=O) groups is 1. The van der Waals surface area contributed by atoms with Gasteiger partial charge < -0.3 is 4.74 Å². The summed E-state index contributed by atoms with van der Waals surface area (Å²) in [5.41, 5.74) is 4.17. The topological polar surface area (TPSA) is 26.3 Å². The second-order valence-corrected chi connectivity index (χ2v) is 9.74. The van der Waals surface area contributed by atoms with Crippen molar-refractivity contribution in [1.29, 1.82) is 0 Å². The van der Waals surface area contributed by atoms with Crippen molar-refractivity contribution in [2.45, 2.75) is 50.5 Å². The summed E-state index contributed by atoms with van der Waals surface area (Å²) in [5.74, 6) is 0.311. The first-order valence-electron chi connectivity index (χ1n) is 10.5. The standard InChI is InChI=1S/C26H26O2/c1-18(27)28-26-17-23(26,2)16-24-14-6-7-15-25(24,22(24)26)21-12-10-20(11-13-21)19-8-4-3-5-9-19/h3-5,7-13,15,22H,6,14,16-17H2,1-2H3/t22-,23-,24?,25-,26+/m0/s1. The summed E-state index contributed by atoms with van der Waals surface area (Å²) < 4.78 is 6.08. The largest absolute Gasteiger partial charge is 0.458 e.